The van der Waals surface area contributed by atoms with Crippen molar-refractivity contribution in [2.24, 2.45) is 0 Å². The predicted octanol–water partition coefficient (Wildman–Crippen LogP) is 2.34. The zero-order valence-corrected chi connectivity index (χ0v) is 15.1. The SMILES string of the molecule is COc1ccc(OCCNC(=O)N2CCN(C3CCCC3)CC2)cc1. The molecule has 2 aliphatic rings. The highest BCUT2D eigenvalue weighted by Gasteiger charge is 2.27. The summed E-state index contributed by atoms with van der Waals surface area (Å²) < 4.78 is 10.7. The number of rotatable bonds is 6. The van der Waals surface area contributed by atoms with E-state index in [0.29, 0.717) is 13.2 Å². The van der Waals surface area contributed by atoms with Gasteiger partial charge in [0.2, 0.25) is 0 Å². The molecule has 0 aromatic heterocycles. The fraction of sp³-hybridized carbons (Fsp3) is 0.632. The van der Waals surface area contributed by atoms with Gasteiger partial charge in [0.05, 0.1) is 13.7 Å². The van der Waals surface area contributed by atoms with Crippen LogP contribution in [0.25, 0.3) is 0 Å². The number of hydrogen-bond donors (Lipinski definition) is 1. The van der Waals surface area contributed by atoms with Crippen LogP contribution in [0.1, 0.15) is 25.7 Å². The third-order valence-electron chi connectivity index (χ3n) is 5.15. The summed E-state index contributed by atoms with van der Waals surface area (Å²) in [4.78, 5) is 16.7. The number of benzene rings is 1. The van der Waals surface area contributed by atoms with Gasteiger partial charge in [0.15, 0.2) is 0 Å². The molecular formula is C19H29N3O3. The second kappa shape index (κ2) is 8.94. The first-order valence-electron chi connectivity index (χ1n) is 9.30. The predicted molar refractivity (Wildman–Crippen MR) is 97.3 cm³/mol. The molecule has 1 aromatic carbocycles. The number of amides is 2. The molecule has 1 aliphatic carbocycles. The highest BCUT2D eigenvalue weighted by atomic mass is 16.5. The van der Waals surface area contributed by atoms with Crippen molar-refractivity contribution in [3.63, 3.8) is 0 Å². The first-order valence-corrected chi connectivity index (χ1v) is 9.30. The van der Waals surface area contributed by atoms with E-state index in [9.17, 15) is 4.79 Å². The minimum absolute atomic E-state index is 0.0180. The molecule has 0 radical (unpaired) electrons. The van der Waals surface area contributed by atoms with E-state index in [1.807, 2.05) is 29.2 Å². The molecule has 0 atom stereocenters. The average Bonchev–Trinajstić information content (AvgIpc) is 3.20. The van der Waals surface area contributed by atoms with Gasteiger partial charge in [-0.3, -0.25) is 4.90 Å². The fourth-order valence-electron chi connectivity index (χ4n) is 3.67. The lowest BCUT2D eigenvalue weighted by molar-refractivity contribution is 0.109. The quantitative estimate of drug-likeness (QED) is 0.803. The minimum Gasteiger partial charge on any atom is -0.497 e. The lowest BCUT2D eigenvalue weighted by Gasteiger charge is -2.38. The van der Waals surface area contributed by atoms with Gasteiger partial charge in [-0.25, -0.2) is 4.79 Å². The van der Waals surface area contributed by atoms with Crippen LogP contribution in [0.4, 0.5) is 4.79 Å². The van der Waals surface area contributed by atoms with Crippen LogP contribution in [-0.4, -0.2) is 68.3 Å². The van der Waals surface area contributed by atoms with Crippen molar-refractivity contribution in [2.75, 3.05) is 46.4 Å². The Balaban J connectivity index is 1.31. The number of carbonyl (C=O) groups is 1. The van der Waals surface area contributed by atoms with Gasteiger partial charge in [0.25, 0.3) is 0 Å². The van der Waals surface area contributed by atoms with E-state index in [4.69, 9.17) is 9.47 Å². The number of nitrogens with zero attached hydrogens (tertiary/aromatic N) is 2. The minimum atomic E-state index is 0.0180. The maximum Gasteiger partial charge on any atom is 0.317 e. The molecule has 0 bridgehead atoms. The molecule has 2 amide bonds. The Hall–Kier alpha value is -1.95. The number of methoxy groups -OCH3 is 1. The largest absolute Gasteiger partial charge is 0.497 e. The van der Waals surface area contributed by atoms with E-state index in [-0.39, 0.29) is 6.03 Å². The highest BCUT2D eigenvalue weighted by Crippen LogP contribution is 2.24. The van der Waals surface area contributed by atoms with Gasteiger partial charge in [-0.2, -0.15) is 0 Å². The molecule has 2 fully saturated rings. The molecule has 1 aliphatic heterocycles. The van der Waals surface area contributed by atoms with Gasteiger partial charge in [0.1, 0.15) is 18.1 Å². The van der Waals surface area contributed by atoms with Crippen LogP contribution in [0.2, 0.25) is 0 Å². The van der Waals surface area contributed by atoms with Gasteiger partial charge in [-0.1, -0.05) is 12.8 Å². The molecule has 1 N–H and O–H groups in total. The van der Waals surface area contributed by atoms with E-state index in [0.717, 1.165) is 43.7 Å². The van der Waals surface area contributed by atoms with Crippen LogP contribution < -0.4 is 14.8 Å². The van der Waals surface area contributed by atoms with E-state index in [1.165, 1.54) is 25.7 Å². The summed E-state index contributed by atoms with van der Waals surface area (Å²) in [5.41, 5.74) is 0. The van der Waals surface area contributed by atoms with E-state index >= 15 is 0 Å². The molecule has 0 spiro atoms. The van der Waals surface area contributed by atoms with Gasteiger partial charge in [-0.05, 0) is 37.1 Å². The second-order valence-electron chi connectivity index (χ2n) is 6.72. The third-order valence-corrected chi connectivity index (χ3v) is 5.15. The maximum absolute atomic E-state index is 12.2. The Morgan fingerprint density at radius 3 is 2.36 bits per heavy atom. The van der Waals surface area contributed by atoms with E-state index < -0.39 is 0 Å². The molecule has 1 aromatic rings. The number of carbonyl (C=O) groups excluding carboxylic acids is 1. The molecule has 6 nitrogen and oxygen atoms in total. The van der Waals surface area contributed by atoms with Gasteiger partial charge < -0.3 is 19.7 Å². The van der Waals surface area contributed by atoms with Crippen LogP contribution in [0.15, 0.2) is 24.3 Å². The van der Waals surface area contributed by atoms with E-state index in [2.05, 4.69) is 10.2 Å². The summed E-state index contributed by atoms with van der Waals surface area (Å²) in [5.74, 6) is 1.58. The Labute approximate surface area is 150 Å². The topological polar surface area (TPSA) is 54.0 Å². The highest BCUT2D eigenvalue weighted by molar-refractivity contribution is 5.74. The van der Waals surface area contributed by atoms with Crippen LogP contribution in [0, 0.1) is 0 Å². The van der Waals surface area contributed by atoms with Crippen molar-refractivity contribution in [1.29, 1.82) is 0 Å². The summed E-state index contributed by atoms with van der Waals surface area (Å²) in [5, 5.41) is 2.95. The molecule has 138 valence electrons. The third kappa shape index (κ3) is 5.01. The standard InChI is InChI=1S/C19H29N3O3/c1-24-17-6-8-18(9-7-17)25-15-10-20-19(23)22-13-11-21(12-14-22)16-4-2-3-5-16/h6-9,16H,2-5,10-15H2,1H3,(H,20,23). The van der Waals surface area contributed by atoms with Crippen molar-refractivity contribution in [2.45, 2.75) is 31.7 Å². The molecular weight excluding hydrogens is 318 g/mol. The van der Waals surface area contributed by atoms with Crippen molar-refractivity contribution in [1.82, 2.24) is 15.1 Å². The maximum atomic E-state index is 12.2. The Kier molecular flexibility index (Phi) is 6.39. The number of hydrogen-bond acceptors (Lipinski definition) is 4. The van der Waals surface area contributed by atoms with Crippen molar-refractivity contribution in [3.8, 4) is 11.5 Å². The smallest absolute Gasteiger partial charge is 0.317 e. The van der Waals surface area contributed by atoms with E-state index in [1.54, 1.807) is 7.11 Å². The molecule has 1 saturated carbocycles. The summed E-state index contributed by atoms with van der Waals surface area (Å²) in [7, 11) is 1.64. The fourth-order valence-corrected chi connectivity index (χ4v) is 3.67. The zero-order chi connectivity index (χ0) is 17.5. The van der Waals surface area contributed by atoms with Crippen LogP contribution in [0.5, 0.6) is 11.5 Å². The number of ether oxygens (including phenoxy) is 2. The number of urea groups is 1. The number of nitrogens with one attached hydrogen (secondary N) is 1. The number of piperazine rings is 1. The van der Waals surface area contributed by atoms with Crippen molar-refractivity contribution in [3.05, 3.63) is 24.3 Å². The molecule has 25 heavy (non-hydrogen) atoms. The summed E-state index contributed by atoms with van der Waals surface area (Å²) in [6, 6.07) is 8.22. The first kappa shape index (κ1) is 17.9. The van der Waals surface area contributed by atoms with Crippen molar-refractivity contribution >= 4 is 6.03 Å². The lowest BCUT2D eigenvalue weighted by atomic mass is 10.2. The monoisotopic (exact) mass is 347 g/mol. The normalized spacial score (nSPS) is 19.0. The molecule has 0 unspecified atom stereocenters. The first-order chi connectivity index (χ1) is 12.3. The van der Waals surface area contributed by atoms with Crippen molar-refractivity contribution < 1.29 is 14.3 Å². The summed E-state index contributed by atoms with van der Waals surface area (Å²) >= 11 is 0. The molecule has 1 heterocycles. The molecule has 6 heteroatoms. The Morgan fingerprint density at radius 1 is 1.08 bits per heavy atom. The molecule has 3 rings (SSSR count). The summed E-state index contributed by atoms with van der Waals surface area (Å²) in [6.45, 7) is 4.61. The summed E-state index contributed by atoms with van der Waals surface area (Å²) in [6.07, 6.45) is 5.38. The average molecular weight is 347 g/mol. The van der Waals surface area contributed by atoms with Crippen LogP contribution >= 0.6 is 0 Å². The van der Waals surface area contributed by atoms with Crippen LogP contribution in [-0.2, 0) is 0 Å². The van der Waals surface area contributed by atoms with Gasteiger partial charge in [-0.15, -0.1) is 0 Å². The Morgan fingerprint density at radius 2 is 1.72 bits per heavy atom. The van der Waals surface area contributed by atoms with Gasteiger partial charge >= 0.3 is 6.03 Å². The lowest BCUT2D eigenvalue weighted by Crippen LogP contribution is -2.54. The Bertz CT molecular complexity index is 535. The van der Waals surface area contributed by atoms with Crippen LogP contribution in [0.3, 0.4) is 0 Å². The van der Waals surface area contributed by atoms with Gasteiger partial charge in [0, 0.05) is 32.2 Å². The molecule has 1 saturated heterocycles. The second-order valence-corrected chi connectivity index (χ2v) is 6.72. The zero-order valence-electron chi connectivity index (χ0n) is 15.1.